The van der Waals surface area contributed by atoms with Crippen LogP contribution in [0.4, 0.5) is 14.6 Å². The van der Waals surface area contributed by atoms with Gasteiger partial charge in [-0.2, -0.15) is 0 Å². The van der Waals surface area contributed by atoms with E-state index < -0.39 is 30.4 Å². The molecule has 0 unspecified atom stereocenters. The molecule has 2 aromatic heterocycles. The Kier molecular flexibility index (Phi) is 9.92. The van der Waals surface area contributed by atoms with E-state index in [1.54, 1.807) is 7.05 Å². The van der Waals surface area contributed by atoms with E-state index in [0.717, 1.165) is 71.2 Å². The van der Waals surface area contributed by atoms with E-state index in [4.69, 9.17) is 4.74 Å². The fourth-order valence-electron chi connectivity index (χ4n) is 6.72. The summed E-state index contributed by atoms with van der Waals surface area (Å²) in [6.45, 7) is 8.07. The van der Waals surface area contributed by atoms with Crippen molar-refractivity contribution in [1.82, 2.24) is 19.9 Å². The third kappa shape index (κ3) is 5.83. The third-order valence-corrected chi connectivity index (χ3v) is 24.0. The molecule has 4 heterocycles. The Morgan fingerprint density at radius 2 is 1.79 bits per heavy atom. The van der Waals surface area contributed by atoms with Crippen molar-refractivity contribution in [1.29, 1.82) is 0 Å². The number of nitrogens with zero attached hydrogens (tertiary/aromatic N) is 3. The van der Waals surface area contributed by atoms with Gasteiger partial charge >= 0.3 is 230 Å². The molecule has 2 aliphatic heterocycles. The standard InChI is InChI=1S/C16H18F2N5O2.3C4H9.Sn/c1-19-13-11-12(10(18)6-20-14(11)24)21-15(22-13)25-8-16-3-2-4-23(16)7-9(17)5-16;3*1-3-4-2;/h9H,2-5,7-8H2,1H3,(H,20,24)(H,19,21,22);3*1,3-4H2,2H3;/t9-,16+;;;;/m1..../s1. The molecular weight excluding hydrogens is 595 g/mol. The van der Waals surface area contributed by atoms with Gasteiger partial charge in [0.05, 0.1) is 0 Å². The van der Waals surface area contributed by atoms with Crippen LogP contribution in [0.5, 0.6) is 6.01 Å². The first kappa shape index (κ1) is 29.5. The molecule has 0 bridgehead atoms. The molecule has 4 rings (SSSR count). The Labute approximate surface area is 229 Å². The number of hydrogen-bond acceptors (Lipinski definition) is 6. The van der Waals surface area contributed by atoms with Gasteiger partial charge in [0.2, 0.25) is 0 Å². The van der Waals surface area contributed by atoms with Gasteiger partial charge in [0, 0.05) is 0 Å². The molecule has 38 heavy (non-hydrogen) atoms. The average molecular weight is 640 g/mol. The Bertz CT molecular complexity index is 1140. The molecule has 0 aliphatic carbocycles. The Hall–Kier alpha value is -1.49. The number of halogens is 2. The number of ether oxygens (including phenoxy) is 1. The molecule has 2 saturated heterocycles. The molecule has 2 aliphatic rings. The van der Waals surface area contributed by atoms with Crippen molar-refractivity contribution in [2.45, 2.75) is 104 Å². The van der Waals surface area contributed by atoms with Crippen molar-refractivity contribution in [3.8, 4) is 6.01 Å². The number of hydrogen-bond donors (Lipinski definition) is 2. The number of aromatic nitrogens is 3. The minimum absolute atomic E-state index is 0.0392. The summed E-state index contributed by atoms with van der Waals surface area (Å²) in [4.78, 5) is 27.6. The van der Waals surface area contributed by atoms with Crippen molar-refractivity contribution in [2.75, 3.05) is 32.1 Å². The van der Waals surface area contributed by atoms with Crippen molar-refractivity contribution in [3.05, 3.63) is 16.2 Å². The molecule has 2 N–H and O–H groups in total. The Morgan fingerprint density at radius 3 is 2.39 bits per heavy atom. The summed E-state index contributed by atoms with van der Waals surface area (Å²) in [6.07, 6.45) is 7.76. The summed E-state index contributed by atoms with van der Waals surface area (Å²) in [5.74, 6) is -0.142. The van der Waals surface area contributed by atoms with Crippen LogP contribution in [-0.4, -0.2) is 76.7 Å². The van der Waals surface area contributed by atoms with Crippen molar-refractivity contribution in [3.63, 3.8) is 0 Å². The van der Waals surface area contributed by atoms with Gasteiger partial charge in [-0.15, -0.1) is 0 Å². The number of aromatic amines is 1. The number of H-pyrrole nitrogens is 1. The summed E-state index contributed by atoms with van der Waals surface area (Å²) in [7, 11) is 1.66. The van der Waals surface area contributed by atoms with Crippen LogP contribution in [0.1, 0.15) is 78.6 Å². The van der Waals surface area contributed by atoms with Crippen molar-refractivity contribution >= 4 is 38.8 Å². The monoisotopic (exact) mass is 641 g/mol. The van der Waals surface area contributed by atoms with Crippen LogP contribution < -0.4 is 19.3 Å². The molecule has 2 aromatic rings. The zero-order chi connectivity index (χ0) is 27.3. The van der Waals surface area contributed by atoms with Crippen LogP contribution in [0, 0.1) is 5.82 Å². The number of anilines is 1. The molecule has 10 heteroatoms. The second kappa shape index (κ2) is 12.8. The molecule has 0 amide bonds. The van der Waals surface area contributed by atoms with E-state index in [2.05, 4.69) is 45.9 Å². The number of unbranched alkanes of at least 4 members (excludes halogenated alkanes) is 3. The molecule has 212 valence electrons. The number of fused-ring (bicyclic) bond motifs is 2. The van der Waals surface area contributed by atoms with E-state index in [9.17, 15) is 9.18 Å². The molecule has 2 fully saturated rings. The van der Waals surface area contributed by atoms with Gasteiger partial charge in [0.15, 0.2) is 0 Å². The van der Waals surface area contributed by atoms with Crippen molar-refractivity contribution < 1.29 is 13.5 Å². The molecule has 7 nitrogen and oxygen atoms in total. The molecule has 0 aromatic carbocycles. The first-order valence-corrected chi connectivity index (χ1v) is 22.1. The summed E-state index contributed by atoms with van der Waals surface area (Å²) in [5, 5.41) is 3.08. The third-order valence-electron chi connectivity index (χ3n) is 8.81. The normalized spacial score (nSPS) is 21.8. The van der Waals surface area contributed by atoms with Gasteiger partial charge in [-0.25, -0.2) is 0 Å². The van der Waals surface area contributed by atoms with Gasteiger partial charge in [-0.05, 0) is 0 Å². The van der Waals surface area contributed by atoms with E-state index >= 15 is 4.39 Å². The fraction of sp³-hybridized carbons (Fsp3) is 0.750. The summed E-state index contributed by atoms with van der Waals surface area (Å²) in [5.41, 5.74) is -0.657. The van der Waals surface area contributed by atoms with E-state index in [1.807, 2.05) is 0 Å². The number of pyridine rings is 1. The van der Waals surface area contributed by atoms with Crippen LogP contribution in [0.15, 0.2) is 4.79 Å². The molecular formula is C28H45F2N5O2Sn. The molecule has 0 saturated carbocycles. The van der Waals surface area contributed by atoms with Gasteiger partial charge in [0.25, 0.3) is 0 Å². The second-order valence-electron chi connectivity index (χ2n) is 11.4. The SMILES string of the molecule is CCC[CH2][Sn]([CH2]CCC)([CH2]CCC)[c]1[nH]c(=O)c2c(NC)nc(OC[C@@]34CCCN3C[C@H](F)C4)nc2c1F. The van der Waals surface area contributed by atoms with E-state index in [-0.39, 0.29) is 40.4 Å². The van der Waals surface area contributed by atoms with Crippen molar-refractivity contribution in [2.24, 2.45) is 0 Å². The number of nitrogens with one attached hydrogen (secondary N) is 2. The first-order valence-electron chi connectivity index (χ1n) is 14.7. The summed E-state index contributed by atoms with van der Waals surface area (Å²) in [6, 6.07) is 0.0392. The Balaban J connectivity index is 1.78. The van der Waals surface area contributed by atoms with Gasteiger partial charge < -0.3 is 0 Å². The fourth-order valence-corrected chi connectivity index (χ4v) is 22.6. The maximum absolute atomic E-state index is 16.6. The van der Waals surface area contributed by atoms with Crippen LogP contribution in [0.2, 0.25) is 13.3 Å². The van der Waals surface area contributed by atoms with Crippen LogP contribution in [-0.2, 0) is 0 Å². The minimum atomic E-state index is -3.31. The second-order valence-corrected chi connectivity index (χ2v) is 24.4. The zero-order valence-electron chi connectivity index (χ0n) is 23.6. The average Bonchev–Trinajstić information content (AvgIpc) is 3.44. The summed E-state index contributed by atoms with van der Waals surface area (Å²) < 4.78 is 40.6. The predicted molar refractivity (Wildman–Crippen MR) is 153 cm³/mol. The Morgan fingerprint density at radius 1 is 1.13 bits per heavy atom. The topological polar surface area (TPSA) is 83.1 Å². The predicted octanol–water partition coefficient (Wildman–Crippen LogP) is 5.51. The molecule has 0 radical (unpaired) electrons. The first-order chi connectivity index (χ1) is 18.3. The van der Waals surface area contributed by atoms with Gasteiger partial charge in [-0.3, -0.25) is 0 Å². The molecule has 2 atom stereocenters. The molecule has 0 spiro atoms. The number of rotatable bonds is 14. The van der Waals surface area contributed by atoms with Crippen LogP contribution >= 0.6 is 0 Å². The van der Waals surface area contributed by atoms with E-state index in [0.29, 0.717) is 16.7 Å². The van der Waals surface area contributed by atoms with E-state index in [1.165, 1.54) is 0 Å². The summed E-state index contributed by atoms with van der Waals surface area (Å²) >= 11 is -3.31. The number of alkyl halides is 1. The van der Waals surface area contributed by atoms with Crippen LogP contribution in [0.3, 0.4) is 0 Å². The zero-order valence-corrected chi connectivity index (χ0v) is 26.5. The maximum atomic E-state index is 16.6. The quantitative estimate of drug-likeness (QED) is 0.265. The van der Waals surface area contributed by atoms with Crippen LogP contribution in [0.25, 0.3) is 10.9 Å². The van der Waals surface area contributed by atoms with Gasteiger partial charge in [-0.1, -0.05) is 0 Å². The van der Waals surface area contributed by atoms with Gasteiger partial charge in [0.1, 0.15) is 0 Å².